The summed E-state index contributed by atoms with van der Waals surface area (Å²) >= 11 is 1.47. The monoisotopic (exact) mass is 404 g/mol. The minimum Gasteiger partial charge on any atom is -0.508 e. The normalized spacial score (nSPS) is 12.7. The number of aryl methyl sites for hydroxylation is 1. The molecule has 0 amide bonds. The quantitative estimate of drug-likeness (QED) is 0.651. The number of thiazole rings is 1. The summed E-state index contributed by atoms with van der Waals surface area (Å²) < 4.78 is 34.0. The minimum atomic E-state index is -3.84. The second-order valence-electron chi connectivity index (χ2n) is 6.05. The lowest BCUT2D eigenvalue weighted by molar-refractivity contribution is 0.402. The van der Waals surface area contributed by atoms with Gasteiger partial charge in [-0.2, -0.15) is 0 Å². The Morgan fingerprint density at radius 1 is 1.15 bits per heavy atom. The van der Waals surface area contributed by atoms with Crippen LogP contribution in [0.3, 0.4) is 0 Å². The predicted octanol–water partition coefficient (Wildman–Crippen LogP) is 3.87. The zero-order chi connectivity index (χ0) is 19.6. The predicted molar refractivity (Wildman–Crippen MR) is 106 cm³/mol. The molecule has 0 aliphatic heterocycles. The maximum absolute atomic E-state index is 13.0. The van der Waals surface area contributed by atoms with Crippen LogP contribution in [0.2, 0.25) is 0 Å². The molecule has 2 N–H and O–H groups in total. The van der Waals surface area contributed by atoms with E-state index < -0.39 is 16.1 Å². The maximum Gasteiger partial charge on any atom is 0.244 e. The molecule has 0 fully saturated rings. The number of ether oxygens (including phenoxy) is 1. The highest BCUT2D eigenvalue weighted by atomic mass is 32.2. The molecule has 0 aliphatic carbocycles. The Morgan fingerprint density at radius 2 is 1.81 bits per heavy atom. The summed E-state index contributed by atoms with van der Waals surface area (Å²) in [6.45, 7) is 3.67. The van der Waals surface area contributed by atoms with Gasteiger partial charge in [0.2, 0.25) is 10.0 Å². The molecular formula is C19H20N2O4S2. The SMILES string of the molecule is COc1ccc(-c2ccc(O)cc2)cc1S(=O)(=O)NC(C)c1ncsc1C. The van der Waals surface area contributed by atoms with Crippen LogP contribution in [0.1, 0.15) is 23.5 Å². The highest BCUT2D eigenvalue weighted by molar-refractivity contribution is 7.89. The van der Waals surface area contributed by atoms with Crippen LogP contribution in [0.4, 0.5) is 0 Å². The lowest BCUT2D eigenvalue weighted by Gasteiger charge is -2.16. The van der Waals surface area contributed by atoms with Gasteiger partial charge in [0.15, 0.2) is 0 Å². The summed E-state index contributed by atoms with van der Waals surface area (Å²) in [4.78, 5) is 5.26. The Balaban J connectivity index is 1.99. The fraction of sp³-hybridized carbons (Fsp3) is 0.211. The van der Waals surface area contributed by atoms with E-state index in [4.69, 9.17) is 4.74 Å². The summed E-state index contributed by atoms with van der Waals surface area (Å²) in [7, 11) is -2.41. The summed E-state index contributed by atoms with van der Waals surface area (Å²) in [6, 6.07) is 11.0. The number of aromatic nitrogens is 1. The molecule has 0 radical (unpaired) electrons. The smallest absolute Gasteiger partial charge is 0.244 e. The van der Waals surface area contributed by atoms with E-state index in [1.54, 1.807) is 54.9 Å². The second kappa shape index (κ2) is 7.67. The highest BCUT2D eigenvalue weighted by Crippen LogP contribution is 2.31. The lowest BCUT2D eigenvalue weighted by atomic mass is 10.1. The van der Waals surface area contributed by atoms with Gasteiger partial charge in [-0.3, -0.25) is 0 Å². The molecule has 0 bridgehead atoms. The van der Waals surface area contributed by atoms with Gasteiger partial charge in [0.1, 0.15) is 16.4 Å². The first-order chi connectivity index (χ1) is 12.8. The number of aromatic hydroxyl groups is 1. The van der Waals surface area contributed by atoms with E-state index in [0.29, 0.717) is 11.3 Å². The van der Waals surface area contributed by atoms with Gasteiger partial charge in [0.25, 0.3) is 0 Å². The first-order valence-corrected chi connectivity index (χ1v) is 10.6. The first kappa shape index (κ1) is 19.3. The van der Waals surface area contributed by atoms with Crippen LogP contribution in [0.15, 0.2) is 52.9 Å². The molecular weight excluding hydrogens is 384 g/mol. The van der Waals surface area contributed by atoms with E-state index >= 15 is 0 Å². The zero-order valence-corrected chi connectivity index (χ0v) is 16.8. The van der Waals surface area contributed by atoms with Gasteiger partial charge in [-0.15, -0.1) is 11.3 Å². The molecule has 1 heterocycles. The van der Waals surface area contributed by atoms with Crippen LogP contribution in [0.25, 0.3) is 11.1 Å². The van der Waals surface area contributed by atoms with Crippen molar-refractivity contribution >= 4 is 21.4 Å². The number of hydrogen-bond acceptors (Lipinski definition) is 6. The number of phenols is 1. The molecule has 27 heavy (non-hydrogen) atoms. The minimum absolute atomic E-state index is 0.0512. The summed E-state index contributed by atoms with van der Waals surface area (Å²) in [5.74, 6) is 0.404. The number of nitrogens with one attached hydrogen (secondary N) is 1. The Labute approximate surface area is 162 Å². The van der Waals surface area contributed by atoms with Crippen LogP contribution >= 0.6 is 11.3 Å². The fourth-order valence-corrected chi connectivity index (χ4v) is 4.88. The number of sulfonamides is 1. The molecule has 0 spiro atoms. The van der Waals surface area contributed by atoms with Gasteiger partial charge in [0.05, 0.1) is 24.4 Å². The van der Waals surface area contributed by atoms with Crippen molar-refractivity contribution in [3.05, 3.63) is 58.5 Å². The average Bonchev–Trinajstić information content (AvgIpc) is 3.07. The molecule has 0 saturated heterocycles. The number of benzene rings is 2. The van der Waals surface area contributed by atoms with E-state index in [0.717, 1.165) is 10.4 Å². The number of rotatable bonds is 6. The van der Waals surface area contributed by atoms with Crippen molar-refractivity contribution in [2.75, 3.05) is 7.11 Å². The van der Waals surface area contributed by atoms with E-state index in [-0.39, 0.29) is 16.4 Å². The van der Waals surface area contributed by atoms with Crippen LogP contribution in [-0.2, 0) is 10.0 Å². The third-order valence-corrected chi connectivity index (χ3v) is 6.51. The van der Waals surface area contributed by atoms with Crippen LogP contribution in [0.5, 0.6) is 11.5 Å². The standard InChI is InChI=1S/C19H20N2O4S2/c1-12(19-13(2)26-11-20-19)21-27(23,24)18-10-15(6-9-17(18)25-3)14-4-7-16(22)8-5-14/h4-12,21-22H,1-3H3. The Hall–Kier alpha value is -2.42. The largest absolute Gasteiger partial charge is 0.508 e. The van der Waals surface area contributed by atoms with Crippen molar-refractivity contribution in [1.82, 2.24) is 9.71 Å². The van der Waals surface area contributed by atoms with E-state index in [1.165, 1.54) is 18.4 Å². The Morgan fingerprint density at radius 3 is 2.41 bits per heavy atom. The molecule has 1 unspecified atom stereocenters. The Kier molecular flexibility index (Phi) is 5.50. The van der Waals surface area contributed by atoms with E-state index in [1.807, 2.05) is 6.92 Å². The molecule has 6 nitrogen and oxygen atoms in total. The summed E-state index contributed by atoms with van der Waals surface area (Å²) in [5, 5.41) is 9.45. The lowest BCUT2D eigenvalue weighted by Crippen LogP contribution is -2.28. The molecule has 1 aromatic heterocycles. The third kappa shape index (κ3) is 4.13. The summed E-state index contributed by atoms with van der Waals surface area (Å²) in [5.41, 5.74) is 3.89. The van der Waals surface area contributed by atoms with E-state index in [2.05, 4.69) is 9.71 Å². The molecule has 142 valence electrons. The molecule has 8 heteroatoms. The number of nitrogens with zero attached hydrogens (tertiary/aromatic N) is 1. The van der Waals surface area contributed by atoms with Gasteiger partial charge in [0, 0.05) is 4.88 Å². The number of hydrogen-bond donors (Lipinski definition) is 2. The van der Waals surface area contributed by atoms with Crippen molar-refractivity contribution in [2.24, 2.45) is 0 Å². The van der Waals surface area contributed by atoms with Crippen LogP contribution in [-0.4, -0.2) is 25.6 Å². The van der Waals surface area contributed by atoms with Crippen molar-refractivity contribution in [2.45, 2.75) is 24.8 Å². The molecule has 3 rings (SSSR count). The van der Waals surface area contributed by atoms with Crippen LogP contribution < -0.4 is 9.46 Å². The highest BCUT2D eigenvalue weighted by Gasteiger charge is 2.24. The van der Waals surface area contributed by atoms with Gasteiger partial charge in [-0.05, 0) is 49.2 Å². The molecule has 2 aromatic carbocycles. The second-order valence-corrected chi connectivity index (χ2v) is 8.79. The average molecular weight is 405 g/mol. The molecule has 0 aliphatic rings. The van der Waals surface area contributed by atoms with Crippen molar-refractivity contribution in [3.8, 4) is 22.6 Å². The third-order valence-electron chi connectivity index (χ3n) is 4.18. The number of methoxy groups -OCH3 is 1. The first-order valence-electron chi connectivity index (χ1n) is 8.21. The van der Waals surface area contributed by atoms with E-state index in [9.17, 15) is 13.5 Å². The summed E-state index contributed by atoms with van der Waals surface area (Å²) in [6.07, 6.45) is 0. The van der Waals surface area contributed by atoms with Gasteiger partial charge in [-0.25, -0.2) is 18.1 Å². The molecule has 1 atom stereocenters. The molecule has 0 saturated carbocycles. The van der Waals surface area contributed by atoms with Gasteiger partial charge < -0.3 is 9.84 Å². The van der Waals surface area contributed by atoms with Crippen molar-refractivity contribution < 1.29 is 18.3 Å². The van der Waals surface area contributed by atoms with Crippen molar-refractivity contribution in [1.29, 1.82) is 0 Å². The molecule has 3 aromatic rings. The fourth-order valence-electron chi connectivity index (χ4n) is 2.80. The Bertz CT molecular complexity index is 1040. The van der Waals surface area contributed by atoms with Crippen molar-refractivity contribution in [3.63, 3.8) is 0 Å². The maximum atomic E-state index is 13.0. The van der Waals surface area contributed by atoms with Crippen LogP contribution in [0, 0.1) is 6.92 Å². The zero-order valence-electron chi connectivity index (χ0n) is 15.1. The van der Waals surface area contributed by atoms with Gasteiger partial charge in [-0.1, -0.05) is 18.2 Å². The number of phenolic OH excluding ortho intramolecular Hbond substituents is 1. The van der Waals surface area contributed by atoms with Gasteiger partial charge >= 0.3 is 0 Å². The topological polar surface area (TPSA) is 88.5 Å².